The molecule has 3 nitrogen and oxygen atoms in total. The molecule has 2 aromatic carbocycles. The van der Waals surface area contributed by atoms with Crippen molar-refractivity contribution < 1.29 is 13.9 Å². The van der Waals surface area contributed by atoms with Crippen LogP contribution in [0.15, 0.2) is 36.4 Å². The highest BCUT2D eigenvalue weighted by molar-refractivity contribution is 6.32. The van der Waals surface area contributed by atoms with Gasteiger partial charge in [0.25, 0.3) is 0 Å². The molecule has 132 valence electrons. The average molecular weight is 374 g/mol. The van der Waals surface area contributed by atoms with Crippen LogP contribution in [0.25, 0.3) is 0 Å². The van der Waals surface area contributed by atoms with E-state index in [1.807, 2.05) is 26.0 Å². The summed E-state index contributed by atoms with van der Waals surface area (Å²) in [6.45, 7) is 6.37. The lowest BCUT2D eigenvalue weighted by molar-refractivity contribution is 0.269. The molecule has 2 rings (SSSR count). The van der Waals surface area contributed by atoms with E-state index in [1.54, 1.807) is 12.1 Å². The quantitative estimate of drug-likeness (QED) is 0.706. The molecule has 6 heteroatoms. The Balaban J connectivity index is 0.00000288. The van der Waals surface area contributed by atoms with E-state index in [2.05, 4.69) is 5.32 Å². The first-order valence-corrected chi connectivity index (χ1v) is 8.05. The van der Waals surface area contributed by atoms with E-state index in [-0.39, 0.29) is 18.2 Å². The van der Waals surface area contributed by atoms with Crippen LogP contribution < -0.4 is 14.8 Å². The van der Waals surface area contributed by atoms with Crippen LogP contribution >= 0.6 is 24.0 Å². The molecule has 2 aromatic rings. The van der Waals surface area contributed by atoms with Gasteiger partial charge in [-0.15, -0.1) is 12.4 Å². The second kappa shape index (κ2) is 10.4. The van der Waals surface area contributed by atoms with Crippen LogP contribution in [0.1, 0.15) is 25.0 Å². The van der Waals surface area contributed by atoms with Gasteiger partial charge in [0.05, 0.1) is 11.6 Å². The summed E-state index contributed by atoms with van der Waals surface area (Å²) in [4.78, 5) is 0. The molecule has 0 saturated heterocycles. The van der Waals surface area contributed by atoms with Crippen molar-refractivity contribution in [3.63, 3.8) is 0 Å². The molecular formula is C18H22Cl2FNO2. The van der Waals surface area contributed by atoms with Crippen molar-refractivity contribution in [2.24, 2.45) is 0 Å². The summed E-state index contributed by atoms with van der Waals surface area (Å²) in [6, 6.07) is 9.98. The predicted octanol–water partition coefficient (Wildman–Crippen LogP) is 4.99. The van der Waals surface area contributed by atoms with Gasteiger partial charge in [-0.1, -0.05) is 30.7 Å². The zero-order chi connectivity index (χ0) is 16.7. The summed E-state index contributed by atoms with van der Waals surface area (Å²) in [5.74, 6) is 0.864. The summed E-state index contributed by atoms with van der Waals surface area (Å²) in [5.41, 5.74) is 1.90. The Labute approximate surface area is 153 Å². The fraction of sp³-hybridized carbons (Fsp3) is 0.333. The normalized spacial score (nSPS) is 10.2. The minimum absolute atomic E-state index is 0. The van der Waals surface area contributed by atoms with Crippen molar-refractivity contribution in [1.29, 1.82) is 0 Å². The molecule has 0 heterocycles. The molecule has 0 amide bonds. The van der Waals surface area contributed by atoms with E-state index >= 15 is 0 Å². The van der Waals surface area contributed by atoms with Crippen LogP contribution in [-0.4, -0.2) is 13.2 Å². The molecule has 0 aliphatic carbocycles. The van der Waals surface area contributed by atoms with E-state index in [9.17, 15) is 4.39 Å². The second-order valence-corrected chi connectivity index (χ2v) is 5.44. The van der Waals surface area contributed by atoms with Crippen molar-refractivity contribution in [2.75, 3.05) is 13.2 Å². The summed E-state index contributed by atoms with van der Waals surface area (Å²) in [6.07, 6.45) is 0. The number of hydrogen-bond acceptors (Lipinski definition) is 3. The number of rotatable bonds is 8. The Morgan fingerprint density at radius 2 is 1.75 bits per heavy atom. The molecule has 0 aliphatic heterocycles. The van der Waals surface area contributed by atoms with Crippen molar-refractivity contribution in [3.8, 4) is 11.5 Å². The molecule has 0 spiro atoms. The predicted molar refractivity (Wildman–Crippen MR) is 98.0 cm³/mol. The Hall–Kier alpha value is -1.49. The Kier molecular flexibility index (Phi) is 8.90. The Bertz CT molecular complexity index is 636. The fourth-order valence-electron chi connectivity index (χ4n) is 2.13. The second-order valence-electron chi connectivity index (χ2n) is 5.03. The lowest BCUT2D eigenvalue weighted by Gasteiger charge is -2.15. The maximum Gasteiger partial charge on any atom is 0.180 e. The highest BCUT2D eigenvalue weighted by Gasteiger charge is 2.13. The average Bonchev–Trinajstić information content (AvgIpc) is 2.54. The Morgan fingerprint density at radius 3 is 2.38 bits per heavy atom. The first-order valence-electron chi connectivity index (χ1n) is 7.67. The lowest BCUT2D eigenvalue weighted by atomic mass is 10.2. The molecule has 24 heavy (non-hydrogen) atoms. The standard InChI is InChI=1S/C18H21ClFNO2.ClH/c1-3-21-11-14-9-16(19)18(17(10-14)22-4-2)23-12-13-5-7-15(20)8-6-13;/h5-10,21H,3-4,11-12H2,1-2H3;1H. The largest absolute Gasteiger partial charge is 0.490 e. The topological polar surface area (TPSA) is 30.5 Å². The summed E-state index contributed by atoms with van der Waals surface area (Å²) in [5, 5.41) is 3.76. The number of benzene rings is 2. The smallest absolute Gasteiger partial charge is 0.180 e. The first kappa shape index (κ1) is 20.6. The first-order chi connectivity index (χ1) is 11.1. The fourth-order valence-corrected chi connectivity index (χ4v) is 2.42. The van der Waals surface area contributed by atoms with Gasteiger partial charge in [0.15, 0.2) is 11.5 Å². The van der Waals surface area contributed by atoms with E-state index in [0.717, 1.165) is 17.7 Å². The summed E-state index contributed by atoms with van der Waals surface area (Å²) in [7, 11) is 0. The number of hydrogen-bond donors (Lipinski definition) is 1. The molecular weight excluding hydrogens is 352 g/mol. The molecule has 1 N–H and O–H groups in total. The maximum absolute atomic E-state index is 12.9. The van der Waals surface area contributed by atoms with Crippen LogP contribution in [0, 0.1) is 5.82 Å². The molecule has 0 aliphatic rings. The number of nitrogens with one attached hydrogen (secondary N) is 1. The molecule has 0 unspecified atom stereocenters. The molecule has 0 saturated carbocycles. The van der Waals surface area contributed by atoms with Gasteiger partial charge in [-0.3, -0.25) is 0 Å². The van der Waals surface area contributed by atoms with Gasteiger partial charge in [0.2, 0.25) is 0 Å². The SMILES string of the molecule is CCNCc1cc(Cl)c(OCc2ccc(F)cc2)c(OCC)c1.Cl. The van der Waals surface area contributed by atoms with Crippen LogP contribution in [0.3, 0.4) is 0 Å². The van der Waals surface area contributed by atoms with Gasteiger partial charge in [-0.05, 0) is 48.9 Å². The molecule has 0 bridgehead atoms. The summed E-state index contributed by atoms with van der Waals surface area (Å²) < 4.78 is 24.4. The van der Waals surface area contributed by atoms with E-state index in [4.69, 9.17) is 21.1 Å². The van der Waals surface area contributed by atoms with Crippen LogP contribution in [0.5, 0.6) is 11.5 Å². The maximum atomic E-state index is 12.9. The zero-order valence-corrected chi connectivity index (χ0v) is 15.3. The minimum Gasteiger partial charge on any atom is -0.490 e. The van der Waals surface area contributed by atoms with Gasteiger partial charge >= 0.3 is 0 Å². The van der Waals surface area contributed by atoms with Crippen LogP contribution in [-0.2, 0) is 13.2 Å². The highest BCUT2D eigenvalue weighted by atomic mass is 35.5. The van der Waals surface area contributed by atoms with Crippen LogP contribution in [0.4, 0.5) is 4.39 Å². The van der Waals surface area contributed by atoms with Crippen molar-refractivity contribution in [3.05, 3.63) is 58.4 Å². The van der Waals surface area contributed by atoms with E-state index in [1.165, 1.54) is 12.1 Å². The molecule has 0 atom stereocenters. The van der Waals surface area contributed by atoms with Gasteiger partial charge in [0.1, 0.15) is 12.4 Å². The van der Waals surface area contributed by atoms with E-state index in [0.29, 0.717) is 36.3 Å². The number of halogens is 3. The van der Waals surface area contributed by atoms with Crippen molar-refractivity contribution in [1.82, 2.24) is 5.32 Å². The third-order valence-corrected chi connectivity index (χ3v) is 3.53. The van der Waals surface area contributed by atoms with Gasteiger partial charge in [-0.2, -0.15) is 0 Å². The highest BCUT2D eigenvalue weighted by Crippen LogP contribution is 2.37. The third kappa shape index (κ3) is 5.86. The van der Waals surface area contributed by atoms with Gasteiger partial charge in [-0.25, -0.2) is 4.39 Å². The minimum atomic E-state index is -0.269. The van der Waals surface area contributed by atoms with Gasteiger partial charge in [0, 0.05) is 6.54 Å². The van der Waals surface area contributed by atoms with E-state index < -0.39 is 0 Å². The lowest BCUT2D eigenvalue weighted by Crippen LogP contribution is -2.12. The zero-order valence-electron chi connectivity index (χ0n) is 13.8. The third-order valence-electron chi connectivity index (χ3n) is 3.24. The monoisotopic (exact) mass is 373 g/mol. The molecule has 0 aromatic heterocycles. The van der Waals surface area contributed by atoms with Gasteiger partial charge < -0.3 is 14.8 Å². The number of ether oxygens (including phenoxy) is 2. The van der Waals surface area contributed by atoms with Crippen molar-refractivity contribution >= 4 is 24.0 Å². The van der Waals surface area contributed by atoms with Crippen molar-refractivity contribution in [2.45, 2.75) is 27.0 Å². The molecule has 0 radical (unpaired) electrons. The Morgan fingerprint density at radius 1 is 1.04 bits per heavy atom. The van der Waals surface area contributed by atoms with Crippen LogP contribution in [0.2, 0.25) is 5.02 Å². The molecule has 0 fully saturated rings. The summed E-state index contributed by atoms with van der Waals surface area (Å²) >= 11 is 6.35.